The Balaban J connectivity index is 2.88. The third kappa shape index (κ3) is 3.86. The van der Waals surface area contributed by atoms with Crippen LogP contribution in [-0.4, -0.2) is 23.1 Å². The minimum atomic E-state index is -0.862. The molecule has 0 heterocycles. The second-order valence-corrected chi connectivity index (χ2v) is 4.69. The van der Waals surface area contributed by atoms with Crippen molar-refractivity contribution in [2.24, 2.45) is 0 Å². The van der Waals surface area contributed by atoms with Crippen molar-refractivity contribution in [3.63, 3.8) is 0 Å². The molecule has 0 amide bonds. The normalized spacial score (nSPS) is 14.2. The fourth-order valence-corrected chi connectivity index (χ4v) is 1.38. The van der Waals surface area contributed by atoms with E-state index >= 15 is 0 Å². The summed E-state index contributed by atoms with van der Waals surface area (Å²) in [5, 5.41) is 9.86. The monoisotopic (exact) mass is 236 g/mol. The van der Waals surface area contributed by atoms with Crippen molar-refractivity contribution in [3.8, 4) is 5.75 Å². The Bertz CT molecular complexity index is 408. The maximum absolute atomic E-state index is 11.5. The molecule has 3 nitrogen and oxygen atoms in total. The number of ether oxygens (including phenoxy) is 1. The van der Waals surface area contributed by atoms with E-state index in [1.165, 1.54) is 6.92 Å². The number of carbonyl (C=O) groups excluding carboxylic acids is 1. The van der Waals surface area contributed by atoms with Crippen LogP contribution in [0.4, 0.5) is 0 Å². The Morgan fingerprint density at radius 2 is 2.12 bits per heavy atom. The molecule has 17 heavy (non-hydrogen) atoms. The van der Waals surface area contributed by atoms with Gasteiger partial charge in [0.05, 0.1) is 11.2 Å². The van der Waals surface area contributed by atoms with Crippen LogP contribution in [0.2, 0.25) is 0 Å². The Labute approximate surface area is 102 Å². The van der Waals surface area contributed by atoms with Crippen molar-refractivity contribution in [1.29, 1.82) is 0 Å². The lowest BCUT2D eigenvalue weighted by Gasteiger charge is -2.22. The van der Waals surface area contributed by atoms with Crippen molar-refractivity contribution in [2.45, 2.75) is 39.7 Å². The predicted octanol–water partition coefficient (Wildman–Crippen LogP) is 2.74. The molecule has 1 unspecified atom stereocenters. The third-order valence-corrected chi connectivity index (χ3v) is 2.81. The molecule has 1 aromatic rings. The van der Waals surface area contributed by atoms with Gasteiger partial charge < -0.3 is 9.84 Å². The van der Waals surface area contributed by atoms with E-state index in [2.05, 4.69) is 0 Å². The zero-order valence-electron chi connectivity index (χ0n) is 10.9. The fraction of sp³-hybridized carbons (Fsp3) is 0.500. The van der Waals surface area contributed by atoms with E-state index < -0.39 is 5.60 Å². The molecule has 0 saturated carbocycles. The number of rotatable bonds is 5. The van der Waals surface area contributed by atoms with E-state index in [1.54, 1.807) is 19.1 Å². The summed E-state index contributed by atoms with van der Waals surface area (Å²) in [7, 11) is 0. The third-order valence-electron chi connectivity index (χ3n) is 2.81. The lowest BCUT2D eigenvalue weighted by Crippen LogP contribution is -2.31. The minimum absolute atomic E-state index is 0.0279. The van der Waals surface area contributed by atoms with Gasteiger partial charge in [0.15, 0.2) is 5.78 Å². The first-order valence-electron chi connectivity index (χ1n) is 5.82. The topological polar surface area (TPSA) is 46.5 Å². The first kappa shape index (κ1) is 13.7. The second kappa shape index (κ2) is 5.32. The van der Waals surface area contributed by atoms with Gasteiger partial charge >= 0.3 is 0 Å². The van der Waals surface area contributed by atoms with E-state index in [0.717, 1.165) is 5.56 Å². The molecule has 0 bridgehead atoms. The molecule has 3 heteroatoms. The smallest absolute Gasteiger partial charge is 0.163 e. The van der Waals surface area contributed by atoms with Crippen molar-refractivity contribution in [1.82, 2.24) is 0 Å². The minimum Gasteiger partial charge on any atom is -0.490 e. The molecule has 94 valence electrons. The van der Waals surface area contributed by atoms with E-state index in [-0.39, 0.29) is 12.4 Å². The summed E-state index contributed by atoms with van der Waals surface area (Å²) in [6, 6.07) is 5.47. The van der Waals surface area contributed by atoms with Crippen LogP contribution in [0.3, 0.4) is 0 Å². The maximum atomic E-state index is 11.5. The van der Waals surface area contributed by atoms with Crippen LogP contribution in [-0.2, 0) is 0 Å². The molecule has 0 aliphatic carbocycles. The van der Waals surface area contributed by atoms with Gasteiger partial charge in [-0.2, -0.15) is 0 Å². The van der Waals surface area contributed by atoms with E-state index in [4.69, 9.17) is 4.74 Å². The average molecular weight is 236 g/mol. The Morgan fingerprint density at radius 1 is 1.47 bits per heavy atom. The summed E-state index contributed by atoms with van der Waals surface area (Å²) in [5.74, 6) is 0.511. The number of aliphatic hydroxyl groups is 1. The van der Waals surface area contributed by atoms with Crippen LogP contribution in [0.5, 0.6) is 5.75 Å². The van der Waals surface area contributed by atoms with Crippen LogP contribution >= 0.6 is 0 Å². The molecule has 0 fully saturated rings. The number of benzene rings is 1. The van der Waals surface area contributed by atoms with Crippen LogP contribution in [0.1, 0.15) is 43.1 Å². The van der Waals surface area contributed by atoms with Gasteiger partial charge in [0.2, 0.25) is 0 Å². The van der Waals surface area contributed by atoms with Crippen LogP contribution in [0.25, 0.3) is 0 Å². The van der Waals surface area contributed by atoms with Gasteiger partial charge in [-0.1, -0.05) is 18.6 Å². The lowest BCUT2D eigenvalue weighted by atomic mass is 10.0. The van der Waals surface area contributed by atoms with Gasteiger partial charge in [-0.25, -0.2) is 0 Å². The highest BCUT2D eigenvalue weighted by atomic mass is 16.5. The molecule has 1 atom stereocenters. The Morgan fingerprint density at radius 3 is 2.65 bits per heavy atom. The van der Waals surface area contributed by atoms with Gasteiger partial charge in [-0.3, -0.25) is 4.79 Å². The van der Waals surface area contributed by atoms with Crippen LogP contribution < -0.4 is 4.74 Å². The summed E-state index contributed by atoms with van der Waals surface area (Å²) < 4.78 is 5.54. The van der Waals surface area contributed by atoms with Crippen LogP contribution in [0, 0.1) is 6.92 Å². The summed E-state index contributed by atoms with van der Waals surface area (Å²) in [5.41, 5.74) is 0.723. The molecule has 1 rings (SSSR count). The van der Waals surface area contributed by atoms with Gasteiger partial charge in [0.25, 0.3) is 0 Å². The highest BCUT2D eigenvalue weighted by Crippen LogP contribution is 2.22. The number of ketones is 1. The highest BCUT2D eigenvalue weighted by molar-refractivity contribution is 5.97. The number of aryl methyl sites for hydroxylation is 1. The van der Waals surface area contributed by atoms with Gasteiger partial charge in [-0.05, 0) is 39.3 Å². The average Bonchev–Trinajstić information content (AvgIpc) is 2.27. The standard InChI is InChI=1S/C14H20O3/c1-5-14(4,16)9-17-13-7-6-10(2)8-12(13)11(3)15/h6-8,16H,5,9H2,1-4H3. The summed E-state index contributed by atoms with van der Waals surface area (Å²) in [6.07, 6.45) is 0.605. The summed E-state index contributed by atoms with van der Waals surface area (Å²) in [6.45, 7) is 7.24. The molecule has 0 aromatic heterocycles. The van der Waals surface area contributed by atoms with Gasteiger partial charge in [-0.15, -0.1) is 0 Å². The Kier molecular flexibility index (Phi) is 4.29. The van der Waals surface area contributed by atoms with E-state index in [9.17, 15) is 9.90 Å². The fourth-order valence-electron chi connectivity index (χ4n) is 1.38. The summed E-state index contributed by atoms with van der Waals surface area (Å²) >= 11 is 0. The first-order chi connectivity index (χ1) is 7.85. The molecular formula is C14H20O3. The largest absolute Gasteiger partial charge is 0.490 e. The lowest BCUT2D eigenvalue weighted by molar-refractivity contribution is 0.00819. The number of carbonyl (C=O) groups is 1. The molecular weight excluding hydrogens is 216 g/mol. The highest BCUT2D eigenvalue weighted by Gasteiger charge is 2.19. The molecule has 0 saturated heterocycles. The van der Waals surface area contributed by atoms with Crippen molar-refractivity contribution in [3.05, 3.63) is 29.3 Å². The molecule has 0 aliphatic heterocycles. The second-order valence-electron chi connectivity index (χ2n) is 4.69. The zero-order chi connectivity index (χ0) is 13.1. The maximum Gasteiger partial charge on any atom is 0.163 e. The van der Waals surface area contributed by atoms with E-state index in [1.807, 2.05) is 19.9 Å². The molecule has 0 aliphatic rings. The molecule has 0 radical (unpaired) electrons. The molecule has 1 N–H and O–H groups in total. The number of hydrogen-bond donors (Lipinski definition) is 1. The molecule has 1 aromatic carbocycles. The zero-order valence-corrected chi connectivity index (χ0v) is 10.9. The van der Waals surface area contributed by atoms with Crippen molar-refractivity contribution in [2.75, 3.05) is 6.61 Å². The van der Waals surface area contributed by atoms with Crippen molar-refractivity contribution < 1.29 is 14.6 Å². The summed E-state index contributed by atoms with van der Waals surface area (Å²) in [4.78, 5) is 11.5. The Hall–Kier alpha value is -1.35. The van der Waals surface area contributed by atoms with Crippen LogP contribution in [0.15, 0.2) is 18.2 Å². The molecule has 0 spiro atoms. The number of Topliss-reactive ketones (excluding diaryl/α,β-unsaturated/α-hetero) is 1. The first-order valence-corrected chi connectivity index (χ1v) is 5.82. The SMILES string of the molecule is CCC(C)(O)COc1ccc(C)cc1C(C)=O. The van der Waals surface area contributed by atoms with Gasteiger partial charge in [0.1, 0.15) is 12.4 Å². The van der Waals surface area contributed by atoms with Gasteiger partial charge in [0, 0.05) is 0 Å². The van der Waals surface area contributed by atoms with Crippen molar-refractivity contribution >= 4 is 5.78 Å². The van der Waals surface area contributed by atoms with E-state index in [0.29, 0.717) is 17.7 Å². The quantitative estimate of drug-likeness (QED) is 0.800. The predicted molar refractivity (Wildman–Crippen MR) is 67.6 cm³/mol. The number of hydrogen-bond acceptors (Lipinski definition) is 3.